The highest BCUT2D eigenvalue weighted by molar-refractivity contribution is 4.90. The fraction of sp³-hybridized carbons (Fsp3) is 1.00. The molecule has 0 aromatic rings. The van der Waals surface area contributed by atoms with Crippen molar-refractivity contribution in [2.24, 2.45) is 0 Å². The van der Waals surface area contributed by atoms with Gasteiger partial charge in [0.05, 0.1) is 0 Å². The van der Waals surface area contributed by atoms with E-state index in [1.54, 1.807) is 0 Å². The second-order valence-electron chi connectivity index (χ2n) is 5.61. The molecule has 0 aromatic heterocycles. The molecular weight excluding hydrogens is 184 g/mol. The average molecular weight is 208 g/mol. The molecule has 1 aliphatic carbocycles. The zero-order valence-corrected chi connectivity index (χ0v) is 9.83. The van der Waals surface area contributed by atoms with Crippen LogP contribution in [0.1, 0.15) is 44.9 Å². The van der Waals surface area contributed by atoms with Crippen molar-refractivity contribution in [3.05, 3.63) is 0 Å². The highest BCUT2D eigenvalue weighted by Crippen LogP contribution is 2.31. The van der Waals surface area contributed by atoms with Crippen molar-refractivity contribution in [2.75, 3.05) is 26.2 Å². The van der Waals surface area contributed by atoms with Gasteiger partial charge in [0.2, 0.25) is 0 Å². The van der Waals surface area contributed by atoms with Crippen molar-refractivity contribution in [1.82, 2.24) is 9.80 Å². The van der Waals surface area contributed by atoms with Crippen LogP contribution in [0.15, 0.2) is 0 Å². The van der Waals surface area contributed by atoms with Crippen LogP contribution >= 0.6 is 0 Å². The minimum atomic E-state index is 0.943. The maximum Gasteiger partial charge on any atom is 0.0111 e. The van der Waals surface area contributed by atoms with E-state index in [0.717, 1.165) is 12.1 Å². The minimum absolute atomic E-state index is 0.943. The Morgan fingerprint density at radius 3 is 1.40 bits per heavy atom. The second-order valence-corrected chi connectivity index (χ2v) is 5.61. The lowest BCUT2D eigenvalue weighted by Gasteiger charge is -2.26. The van der Waals surface area contributed by atoms with Gasteiger partial charge in [-0.2, -0.15) is 0 Å². The summed E-state index contributed by atoms with van der Waals surface area (Å²) in [5.41, 5.74) is 0. The van der Waals surface area contributed by atoms with Crippen LogP contribution in [0.2, 0.25) is 0 Å². The fourth-order valence-electron chi connectivity index (χ4n) is 3.81. The first kappa shape index (κ1) is 10.1. The van der Waals surface area contributed by atoms with Gasteiger partial charge in [-0.25, -0.2) is 0 Å². The van der Waals surface area contributed by atoms with E-state index in [4.69, 9.17) is 0 Å². The third-order valence-corrected chi connectivity index (χ3v) is 4.69. The number of hydrogen-bond donors (Lipinski definition) is 0. The van der Waals surface area contributed by atoms with Gasteiger partial charge in [-0.05, 0) is 71.1 Å². The first-order valence-electron chi connectivity index (χ1n) is 6.91. The third kappa shape index (κ3) is 2.07. The smallest absolute Gasteiger partial charge is 0.0111 e. The predicted molar refractivity (Wildman–Crippen MR) is 63.0 cm³/mol. The largest absolute Gasteiger partial charge is 0.300 e. The monoisotopic (exact) mass is 208 g/mol. The molecule has 0 bridgehead atoms. The maximum atomic E-state index is 2.76. The summed E-state index contributed by atoms with van der Waals surface area (Å²) in [5, 5.41) is 0. The topological polar surface area (TPSA) is 6.48 Å². The molecule has 0 amide bonds. The Morgan fingerprint density at radius 1 is 0.600 bits per heavy atom. The van der Waals surface area contributed by atoms with Crippen molar-refractivity contribution in [3.63, 3.8) is 0 Å². The summed E-state index contributed by atoms with van der Waals surface area (Å²) in [6, 6.07) is 1.89. The minimum Gasteiger partial charge on any atom is -0.300 e. The third-order valence-electron chi connectivity index (χ3n) is 4.69. The molecule has 15 heavy (non-hydrogen) atoms. The molecule has 2 atom stereocenters. The number of rotatable bonds is 2. The molecule has 3 rings (SSSR count). The van der Waals surface area contributed by atoms with Crippen LogP contribution in [0.3, 0.4) is 0 Å². The van der Waals surface area contributed by atoms with E-state index in [1.807, 2.05) is 0 Å². The van der Waals surface area contributed by atoms with Crippen LogP contribution in [0.4, 0.5) is 0 Å². The Labute approximate surface area is 93.6 Å². The Kier molecular flexibility index (Phi) is 2.98. The highest BCUT2D eigenvalue weighted by Gasteiger charge is 2.34. The molecule has 86 valence electrons. The van der Waals surface area contributed by atoms with Crippen LogP contribution in [0.25, 0.3) is 0 Å². The molecule has 2 nitrogen and oxygen atoms in total. The Hall–Kier alpha value is -0.0800. The van der Waals surface area contributed by atoms with Gasteiger partial charge in [0.15, 0.2) is 0 Å². The van der Waals surface area contributed by atoms with Crippen molar-refractivity contribution in [3.8, 4) is 0 Å². The Balaban J connectivity index is 1.53. The van der Waals surface area contributed by atoms with Gasteiger partial charge >= 0.3 is 0 Å². The van der Waals surface area contributed by atoms with Crippen molar-refractivity contribution in [1.29, 1.82) is 0 Å². The summed E-state index contributed by atoms with van der Waals surface area (Å²) >= 11 is 0. The van der Waals surface area contributed by atoms with E-state index in [1.165, 1.54) is 71.1 Å². The van der Waals surface area contributed by atoms with Gasteiger partial charge in [-0.3, -0.25) is 0 Å². The Morgan fingerprint density at radius 2 is 1.00 bits per heavy atom. The molecule has 1 saturated carbocycles. The van der Waals surface area contributed by atoms with Crippen LogP contribution < -0.4 is 0 Å². The van der Waals surface area contributed by atoms with Crippen molar-refractivity contribution < 1.29 is 0 Å². The molecule has 2 saturated heterocycles. The normalized spacial score (nSPS) is 39.2. The van der Waals surface area contributed by atoms with Crippen LogP contribution in [-0.2, 0) is 0 Å². The quantitative estimate of drug-likeness (QED) is 0.685. The molecule has 2 unspecified atom stereocenters. The first-order valence-corrected chi connectivity index (χ1v) is 6.91. The van der Waals surface area contributed by atoms with E-state index in [-0.39, 0.29) is 0 Å². The molecular formula is C13H24N2. The number of nitrogens with zero attached hydrogens (tertiary/aromatic N) is 2. The average Bonchev–Trinajstić information content (AvgIpc) is 3.02. The molecule has 0 N–H and O–H groups in total. The predicted octanol–water partition coefficient (Wildman–Crippen LogP) is 2.10. The summed E-state index contributed by atoms with van der Waals surface area (Å²) in [6.45, 7) is 5.55. The molecule has 3 aliphatic rings. The molecule has 0 spiro atoms. The summed E-state index contributed by atoms with van der Waals surface area (Å²) in [4.78, 5) is 5.52. The maximum absolute atomic E-state index is 2.76. The summed E-state index contributed by atoms with van der Waals surface area (Å²) in [5.74, 6) is 0. The molecule has 2 aliphatic heterocycles. The summed E-state index contributed by atoms with van der Waals surface area (Å²) in [6.07, 6.45) is 10.2. The molecule has 3 fully saturated rings. The van der Waals surface area contributed by atoms with Gasteiger partial charge in [0.25, 0.3) is 0 Å². The summed E-state index contributed by atoms with van der Waals surface area (Å²) in [7, 11) is 0. The fourth-order valence-corrected chi connectivity index (χ4v) is 3.81. The van der Waals surface area contributed by atoms with Gasteiger partial charge in [0.1, 0.15) is 0 Å². The second kappa shape index (κ2) is 4.42. The van der Waals surface area contributed by atoms with Gasteiger partial charge in [-0.15, -0.1) is 0 Å². The van der Waals surface area contributed by atoms with Crippen molar-refractivity contribution >= 4 is 0 Å². The Bertz CT molecular complexity index is 183. The van der Waals surface area contributed by atoms with Crippen LogP contribution in [0.5, 0.6) is 0 Å². The lowest BCUT2D eigenvalue weighted by atomic mass is 10.2. The van der Waals surface area contributed by atoms with E-state index in [0.29, 0.717) is 0 Å². The highest BCUT2D eigenvalue weighted by atomic mass is 15.2. The summed E-state index contributed by atoms with van der Waals surface area (Å²) < 4.78 is 0. The molecule has 0 radical (unpaired) electrons. The van der Waals surface area contributed by atoms with Gasteiger partial charge < -0.3 is 9.80 Å². The van der Waals surface area contributed by atoms with Gasteiger partial charge in [0, 0.05) is 12.1 Å². The van der Waals surface area contributed by atoms with Crippen molar-refractivity contribution in [2.45, 2.75) is 57.0 Å². The standard InChI is InChI=1S/C13H24N2/c1-2-8-14(7-1)12-5-6-13(11-12)15-9-3-4-10-15/h12-13H,1-11H2. The number of likely N-dealkylation sites (tertiary alicyclic amines) is 2. The molecule has 2 heteroatoms. The molecule has 0 aromatic carbocycles. The SMILES string of the molecule is C1CCN(C2CCC(N3CCCC3)C2)C1. The van der Waals surface area contributed by atoms with Crippen LogP contribution in [0, 0.1) is 0 Å². The molecule has 2 heterocycles. The lowest BCUT2D eigenvalue weighted by Crippen LogP contribution is -2.35. The number of hydrogen-bond acceptors (Lipinski definition) is 2. The van der Waals surface area contributed by atoms with E-state index in [9.17, 15) is 0 Å². The van der Waals surface area contributed by atoms with Gasteiger partial charge in [-0.1, -0.05) is 0 Å². The zero-order chi connectivity index (χ0) is 10.1. The van der Waals surface area contributed by atoms with Crippen LogP contribution in [-0.4, -0.2) is 48.1 Å². The van der Waals surface area contributed by atoms with E-state index in [2.05, 4.69) is 9.80 Å². The van der Waals surface area contributed by atoms with E-state index >= 15 is 0 Å². The lowest BCUT2D eigenvalue weighted by molar-refractivity contribution is 0.208. The first-order chi connectivity index (χ1) is 7.43. The zero-order valence-electron chi connectivity index (χ0n) is 9.83. The van der Waals surface area contributed by atoms with E-state index < -0.39 is 0 Å².